The number of amides is 2. The van der Waals surface area contributed by atoms with Crippen molar-refractivity contribution in [2.75, 3.05) is 13.1 Å². The first-order valence-electron chi connectivity index (χ1n) is 7.54. The van der Waals surface area contributed by atoms with Gasteiger partial charge in [0.05, 0.1) is 5.41 Å². The van der Waals surface area contributed by atoms with E-state index in [9.17, 15) is 9.59 Å². The maximum Gasteiger partial charge on any atom is 0.407 e. The summed E-state index contributed by atoms with van der Waals surface area (Å²) in [5.41, 5.74) is -0.0186. The van der Waals surface area contributed by atoms with Crippen LogP contribution in [-0.4, -0.2) is 40.9 Å². The zero-order valence-corrected chi connectivity index (χ0v) is 13.4. The van der Waals surface area contributed by atoms with Gasteiger partial charge in [-0.2, -0.15) is 5.10 Å². The number of H-pyrrole nitrogens is 1. The molecule has 1 aliphatic rings. The Kier molecular flexibility index (Phi) is 4.73. The first-order valence-corrected chi connectivity index (χ1v) is 7.54. The van der Waals surface area contributed by atoms with Gasteiger partial charge in [0.15, 0.2) is 0 Å². The summed E-state index contributed by atoms with van der Waals surface area (Å²) in [4.78, 5) is 23.9. The van der Waals surface area contributed by atoms with Gasteiger partial charge in [0, 0.05) is 31.4 Å². The van der Waals surface area contributed by atoms with Crippen molar-refractivity contribution in [2.45, 2.75) is 45.6 Å². The topological polar surface area (TPSA) is 96.1 Å². The van der Waals surface area contributed by atoms with Gasteiger partial charge in [-0.05, 0) is 39.7 Å². The summed E-state index contributed by atoms with van der Waals surface area (Å²) >= 11 is 0. The van der Waals surface area contributed by atoms with Crippen LogP contribution in [0.3, 0.4) is 0 Å². The summed E-state index contributed by atoms with van der Waals surface area (Å²) < 4.78 is 5.18. The van der Waals surface area contributed by atoms with Gasteiger partial charge in [-0.15, -0.1) is 0 Å². The van der Waals surface area contributed by atoms with E-state index in [4.69, 9.17) is 4.74 Å². The lowest BCUT2D eigenvalue weighted by atomic mass is 10.1. The maximum atomic E-state index is 12.2. The monoisotopic (exact) mass is 308 g/mol. The lowest BCUT2D eigenvalue weighted by Crippen LogP contribution is -2.42. The Labute approximate surface area is 130 Å². The molecule has 122 valence electrons. The van der Waals surface area contributed by atoms with Crippen LogP contribution in [0.15, 0.2) is 12.3 Å². The number of nitrogens with one attached hydrogen (secondary N) is 3. The highest BCUT2D eigenvalue weighted by molar-refractivity contribution is 5.86. The zero-order valence-electron chi connectivity index (χ0n) is 13.4. The lowest BCUT2D eigenvalue weighted by Gasteiger charge is -2.21. The average molecular weight is 308 g/mol. The van der Waals surface area contributed by atoms with Crippen molar-refractivity contribution in [2.24, 2.45) is 5.41 Å². The first-order chi connectivity index (χ1) is 10.3. The Morgan fingerprint density at radius 1 is 1.36 bits per heavy atom. The SMILES string of the molecule is CC(C)(C)OC(=O)NCC1(C(=O)NCCc2ccn[nH]2)CC1. The van der Waals surface area contributed by atoms with Crippen LogP contribution in [0, 0.1) is 5.41 Å². The molecule has 3 N–H and O–H groups in total. The molecule has 22 heavy (non-hydrogen) atoms. The van der Waals surface area contributed by atoms with E-state index >= 15 is 0 Å². The Hall–Kier alpha value is -2.05. The number of aromatic nitrogens is 2. The molecule has 0 radical (unpaired) electrons. The number of ether oxygens (including phenoxy) is 1. The molecule has 0 aliphatic heterocycles. The zero-order chi connectivity index (χ0) is 16.2. The van der Waals surface area contributed by atoms with E-state index in [-0.39, 0.29) is 5.91 Å². The van der Waals surface area contributed by atoms with Gasteiger partial charge in [0.25, 0.3) is 0 Å². The molecule has 7 nitrogen and oxygen atoms in total. The van der Waals surface area contributed by atoms with E-state index in [2.05, 4.69) is 20.8 Å². The van der Waals surface area contributed by atoms with Crippen LogP contribution in [-0.2, 0) is 16.0 Å². The molecule has 0 bridgehead atoms. The predicted molar refractivity (Wildman–Crippen MR) is 81.2 cm³/mol. The first kappa shape index (κ1) is 16.3. The van der Waals surface area contributed by atoms with E-state index in [1.165, 1.54) is 0 Å². The molecule has 2 rings (SSSR count). The Morgan fingerprint density at radius 3 is 2.64 bits per heavy atom. The van der Waals surface area contributed by atoms with E-state index in [0.717, 1.165) is 18.5 Å². The van der Waals surface area contributed by atoms with Crippen molar-refractivity contribution in [3.05, 3.63) is 18.0 Å². The molecule has 1 fully saturated rings. The summed E-state index contributed by atoms with van der Waals surface area (Å²) in [6, 6.07) is 1.88. The summed E-state index contributed by atoms with van der Waals surface area (Å²) in [5, 5.41) is 12.3. The quantitative estimate of drug-likeness (QED) is 0.739. The molecule has 0 unspecified atom stereocenters. The third-order valence-corrected chi connectivity index (χ3v) is 3.54. The van der Waals surface area contributed by atoms with Crippen molar-refractivity contribution in [1.29, 1.82) is 0 Å². The van der Waals surface area contributed by atoms with Gasteiger partial charge in [0.2, 0.25) is 5.91 Å². The molecule has 0 aromatic carbocycles. The second kappa shape index (κ2) is 6.37. The van der Waals surface area contributed by atoms with Crippen molar-refractivity contribution in [1.82, 2.24) is 20.8 Å². The highest BCUT2D eigenvalue weighted by Gasteiger charge is 2.49. The highest BCUT2D eigenvalue weighted by atomic mass is 16.6. The molecule has 1 saturated carbocycles. The Balaban J connectivity index is 1.71. The number of rotatable bonds is 6. The minimum Gasteiger partial charge on any atom is -0.444 e. The van der Waals surface area contributed by atoms with Crippen LogP contribution in [0.5, 0.6) is 0 Å². The van der Waals surface area contributed by atoms with Crippen molar-refractivity contribution >= 4 is 12.0 Å². The number of hydrogen-bond donors (Lipinski definition) is 3. The normalized spacial score (nSPS) is 16.0. The number of aromatic amines is 1. The Bertz CT molecular complexity index is 515. The minimum atomic E-state index is -0.535. The number of alkyl carbamates (subject to hydrolysis) is 1. The molecule has 0 spiro atoms. The summed E-state index contributed by atoms with van der Waals surface area (Å²) in [7, 11) is 0. The van der Waals surface area contributed by atoms with Crippen molar-refractivity contribution < 1.29 is 14.3 Å². The van der Waals surface area contributed by atoms with Crippen LogP contribution in [0.4, 0.5) is 4.79 Å². The van der Waals surface area contributed by atoms with Crippen LogP contribution < -0.4 is 10.6 Å². The molecule has 0 atom stereocenters. The minimum absolute atomic E-state index is 0.0110. The molecule has 0 saturated heterocycles. The molecule has 2 amide bonds. The molecule has 1 aromatic heterocycles. The van der Waals surface area contributed by atoms with Gasteiger partial charge in [-0.1, -0.05) is 0 Å². The van der Waals surface area contributed by atoms with Crippen LogP contribution in [0.25, 0.3) is 0 Å². The molecule has 1 aliphatic carbocycles. The molecule has 7 heteroatoms. The largest absolute Gasteiger partial charge is 0.444 e. The van der Waals surface area contributed by atoms with Crippen LogP contribution >= 0.6 is 0 Å². The van der Waals surface area contributed by atoms with Gasteiger partial charge < -0.3 is 15.4 Å². The maximum absolute atomic E-state index is 12.2. The number of hydrogen-bond acceptors (Lipinski definition) is 4. The van der Waals surface area contributed by atoms with Crippen LogP contribution in [0.2, 0.25) is 0 Å². The van der Waals surface area contributed by atoms with Gasteiger partial charge >= 0.3 is 6.09 Å². The Morgan fingerprint density at radius 2 is 2.09 bits per heavy atom. The lowest BCUT2D eigenvalue weighted by molar-refractivity contribution is -0.126. The number of nitrogens with zero attached hydrogens (tertiary/aromatic N) is 1. The number of carbonyl (C=O) groups is 2. The van der Waals surface area contributed by atoms with E-state index in [1.54, 1.807) is 6.20 Å². The molecular formula is C15H24N4O3. The average Bonchev–Trinajstić information content (AvgIpc) is 3.04. The van der Waals surface area contributed by atoms with Gasteiger partial charge in [-0.25, -0.2) is 4.79 Å². The summed E-state index contributed by atoms with van der Waals surface area (Å²) in [6.45, 7) is 6.29. The summed E-state index contributed by atoms with van der Waals surface area (Å²) in [5.74, 6) is -0.0110. The van der Waals surface area contributed by atoms with Gasteiger partial charge in [0.1, 0.15) is 5.60 Å². The molecular weight excluding hydrogens is 284 g/mol. The smallest absolute Gasteiger partial charge is 0.407 e. The standard InChI is InChI=1S/C15H24N4O3/c1-14(2,3)22-13(21)17-10-15(6-7-15)12(20)16-8-4-11-5-9-18-19-11/h5,9H,4,6-8,10H2,1-3H3,(H,16,20)(H,17,21)(H,18,19). The molecule has 1 heterocycles. The summed E-state index contributed by atoms with van der Waals surface area (Å²) in [6.07, 6.45) is 3.49. The highest BCUT2D eigenvalue weighted by Crippen LogP contribution is 2.45. The van der Waals surface area contributed by atoms with E-state index in [1.807, 2.05) is 26.8 Å². The third-order valence-electron chi connectivity index (χ3n) is 3.54. The second-order valence-electron chi connectivity index (χ2n) is 6.72. The predicted octanol–water partition coefficient (Wildman–Crippen LogP) is 1.37. The van der Waals surface area contributed by atoms with E-state index in [0.29, 0.717) is 19.5 Å². The van der Waals surface area contributed by atoms with Crippen LogP contribution in [0.1, 0.15) is 39.3 Å². The third kappa shape index (κ3) is 4.75. The fourth-order valence-electron chi connectivity index (χ4n) is 2.11. The van der Waals surface area contributed by atoms with Gasteiger partial charge in [-0.3, -0.25) is 9.89 Å². The van der Waals surface area contributed by atoms with E-state index < -0.39 is 17.1 Å². The fourth-order valence-corrected chi connectivity index (χ4v) is 2.11. The fraction of sp³-hybridized carbons (Fsp3) is 0.667. The second-order valence-corrected chi connectivity index (χ2v) is 6.72. The van der Waals surface area contributed by atoms with Crippen molar-refractivity contribution in [3.8, 4) is 0 Å². The van der Waals surface area contributed by atoms with Crippen molar-refractivity contribution in [3.63, 3.8) is 0 Å². The number of carbonyl (C=O) groups excluding carboxylic acids is 2. The molecule has 1 aromatic rings.